The highest BCUT2D eigenvalue weighted by Gasteiger charge is 2.03. The van der Waals surface area contributed by atoms with Crippen LogP contribution in [0.4, 0.5) is 5.69 Å². The highest BCUT2D eigenvalue weighted by atomic mass is 35.5. The molecule has 0 saturated carbocycles. The molecule has 8 heteroatoms. The standard InChI is InChI=1S/C22H18Cl3N3O2/c23-17-5-7-19(8-6-17)26-13-22(29)28-27-12-15-1-9-20(10-2-15)30-14-16-3-4-18(24)11-21(16)25/h1-12,26H,13-14H2,(H,28,29)/b27-12-. The van der Waals surface area contributed by atoms with Crippen molar-refractivity contribution < 1.29 is 9.53 Å². The van der Waals surface area contributed by atoms with Gasteiger partial charge in [0, 0.05) is 26.3 Å². The number of carbonyl (C=O) groups is 1. The van der Waals surface area contributed by atoms with Crippen molar-refractivity contribution in [3.63, 3.8) is 0 Å². The van der Waals surface area contributed by atoms with Gasteiger partial charge in [0.05, 0.1) is 12.8 Å². The molecule has 0 fully saturated rings. The van der Waals surface area contributed by atoms with E-state index in [9.17, 15) is 4.79 Å². The molecular formula is C22H18Cl3N3O2. The molecule has 154 valence electrons. The number of nitrogens with one attached hydrogen (secondary N) is 2. The van der Waals surface area contributed by atoms with E-state index < -0.39 is 0 Å². The van der Waals surface area contributed by atoms with Crippen LogP contribution in [0.3, 0.4) is 0 Å². The first-order valence-electron chi connectivity index (χ1n) is 8.98. The Balaban J connectivity index is 1.43. The zero-order valence-corrected chi connectivity index (χ0v) is 18.0. The number of amides is 1. The van der Waals surface area contributed by atoms with Gasteiger partial charge in [0.1, 0.15) is 12.4 Å². The molecule has 5 nitrogen and oxygen atoms in total. The molecule has 0 bridgehead atoms. The molecule has 30 heavy (non-hydrogen) atoms. The number of carbonyl (C=O) groups excluding carboxylic acids is 1. The van der Waals surface area contributed by atoms with Crippen LogP contribution in [0.5, 0.6) is 5.75 Å². The summed E-state index contributed by atoms with van der Waals surface area (Å²) in [6.45, 7) is 0.430. The van der Waals surface area contributed by atoms with E-state index in [4.69, 9.17) is 39.5 Å². The lowest BCUT2D eigenvalue weighted by Gasteiger charge is -2.08. The number of halogens is 3. The van der Waals surface area contributed by atoms with E-state index >= 15 is 0 Å². The van der Waals surface area contributed by atoms with Crippen molar-refractivity contribution in [1.29, 1.82) is 0 Å². The third-order valence-corrected chi connectivity index (χ3v) is 4.83. The van der Waals surface area contributed by atoms with E-state index in [1.807, 2.05) is 30.3 Å². The lowest BCUT2D eigenvalue weighted by Crippen LogP contribution is -2.25. The fourth-order valence-electron chi connectivity index (χ4n) is 2.42. The summed E-state index contributed by atoms with van der Waals surface area (Å²) < 4.78 is 5.73. The molecule has 0 aromatic heterocycles. The van der Waals surface area contributed by atoms with Crippen LogP contribution in [-0.4, -0.2) is 18.7 Å². The number of ether oxygens (including phenoxy) is 1. The summed E-state index contributed by atoms with van der Waals surface area (Å²) in [5, 5.41) is 8.72. The van der Waals surface area contributed by atoms with Gasteiger partial charge in [-0.15, -0.1) is 0 Å². The lowest BCUT2D eigenvalue weighted by atomic mass is 10.2. The molecule has 0 spiro atoms. The molecule has 2 N–H and O–H groups in total. The highest BCUT2D eigenvalue weighted by molar-refractivity contribution is 6.35. The van der Waals surface area contributed by atoms with Crippen LogP contribution in [0.25, 0.3) is 0 Å². The third kappa shape index (κ3) is 6.95. The largest absolute Gasteiger partial charge is 0.489 e. The minimum Gasteiger partial charge on any atom is -0.489 e. The van der Waals surface area contributed by atoms with Gasteiger partial charge in [0.25, 0.3) is 5.91 Å². The number of hydrazone groups is 1. The Morgan fingerprint density at radius 1 is 0.933 bits per heavy atom. The molecule has 0 heterocycles. The fourth-order valence-corrected chi connectivity index (χ4v) is 3.01. The van der Waals surface area contributed by atoms with E-state index in [-0.39, 0.29) is 12.5 Å². The van der Waals surface area contributed by atoms with Gasteiger partial charge >= 0.3 is 0 Å². The van der Waals surface area contributed by atoms with Gasteiger partial charge in [-0.25, -0.2) is 5.43 Å². The minimum atomic E-state index is -0.263. The molecule has 0 aliphatic heterocycles. The van der Waals surface area contributed by atoms with Crippen LogP contribution in [0.15, 0.2) is 71.8 Å². The molecule has 3 aromatic carbocycles. The average molecular weight is 463 g/mol. The Morgan fingerprint density at radius 2 is 1.63 bits per heavy atom. The second kappa shape index (κ2) is 10.9. The van der Waals surface area contributed by atoms with E-state index in [1.54, 1.807) is 42.6 Å². The van der Waals surface area contributed by atoms with Crippen molar-refractivity contribution in [1.82, 2.24) is 5.43 Å². The molecule has 0 aliphatic rings. The van der Waals surface area contributed by atoms with Crippen molar-refractivity contribution in [2.45, 2.75) is 6.61 Å². The van der Waals surface area contributed by atoms with E-state index in [2.05, 4.69) is 15.8 Å². The fraction of sp³-hybridized carbons (Fsp3) is 0.0909. The molecule has 0 atom stereocenters. The molecule has 0 aliphatic carbocycles. The van der Waals surface area contributed by atoms with Crippen LogP contribution in [0.2, 0.25) is 15.1 Å². The van der Waals surface area contributed by atoms with Crippen LogP contribution in [0, 0.1) is 0 Å². The number of hydrogen-bond acceptors (Lipinski definition) is 4. The topological polar surface area (TPSA) is 62.7 Å². The predicted molar refractivity (Wildman–Crippen MR) is 123 cm³/mol. The van der Waals surface area contributed by atoms with Crippen LogP contribution < -0.4 is 15.5 Å². The van der Waals surface area contributed by atoms with E-state index in [0.29, 0.717) is 27.4 Å². The Bertz CT molecular complexity index is 1020. The van der Waals surface area contributed by atoms with Crippen molar-refractivity contribution in [2.24, 2.45) is 5.10 Å². The van der Waals surface area contributed by atoms with Gasteiger partial charge < -0.3 is 10.1 Å². The highest BCUT2D eigenvalue weighted by Crippen LogP contribution is 2.22. The Morgan fingerprint density at radius 3 is 2.33 bits per heavy atom. The summed E-state index contributed by atoms with van der Waals surface area (Å²) in [7, 11) is 0. The number of anilines is 1. The van der Waals surface area contributed by atoms with Crippen LogP contribution >= 0.6 is 34.8 Å². The van der Waals surface area contributed by atoms with Gasteiger partial charge in [-0.2, -0.15) is 5.10 Å². The molecular weight excluding hydrogens is 445 g/mol. The molecule has 3 aromatic rings. The summed E-state index contributed by atoms with van der Waals surface area (Å²) >= 11 is 17.9. The maximum atomic E-state index is 11.8. The van der Waals surface area contributed by atoms with Gasteiger partial charge in [-0.1, -0.05) is 40.9 Å². The summed E-state index contributed by atoms with van der Waals surface area (Å²) in [5.41, 5.74) is 4.94. The Labute approximate surface area is 189 Å². The van der Waals surface area contributed by atoms with Crippen molar-refractivity contribution in [2.75, 3.05) is 11.9 Å². The Kier molecular flexibility index (Phi) is 7.97. The van der Waals surface area contributed by atoms with Gasteiger partial charge in [-0.3, -0.25) is 4.79 Å². The number of nitrogens with zero attached hydrogens (tertiary/aromatic N) is 1. The third-order valence-electron chi connectivity index (χ3n) is 3.99. The maximum Gasteiger partial charge on any atom is 0.259 e. The van der Waals surface area contributed by atoms with Crippen molar-refractivity contribution in [3.8, 4) is 5.75 Å². The lowest BCUT2D eigenvalue weighted by molar-refractivity contribution is -0.119. The maximum absolute atomic E-state index is 11.8. The quantitative estimate of drug-likeness (QED) is 0.329. The molecule has 1 amide bonds. The molecule has 0 radical (unpaired) electrons. The SMILES string of the molecule is O=C(CNc1ccc(Cl)cc1)N/N=C\c1ccc(OCc2ccc(Cl)cc2Cl)cc1. The zero-order valence-electron chi connectivity index (χ0n) is 15.7. The predicted octanol–water partition coefficient (Wildman–Crippen LogP) is 5.79. The molecule has 0 saturated heterocycles. The number of rotatable bonds is 8. The summed E-state index contributed by atoms with van der Waals surface area (Å²) in [6, 6.07) is 19.7. The van der Waals surface area contributed by atoms with Crippen LogP contribution in [0.1, 0.15) is 11.1 Å². The van der Waals surface area contributed by atoms with Gasteiger partial charge in [-0.05, 0) is 66.2 Å². The molecule has 0 unspecified atom stereocenters. The van der Waals surface area contributed by atoms with Gasteiger partial charge in [0.2, 0.25) is 0 Å². The molecule has 3 rings (SSSR count). The smallest absolute Gasteiger partial charge is 0.259 e. The number of hydrogen-bond donors (Lipinski definition) is 2. The Hall–Kier alpha value is -2.73. The first-order chi connectivity index (χ1) is 14.5. The second-order valence-electron chi connectivity index (χ2n) is 6.25. The zero-order chi connectivity index (χ0) is 21.3. The summed E-state index contributed by atoms with van der Waals surface area (Å²) in [5.74, 6) is 0.426. The second-order valence-corrected chi connectivity index (χ2v) is 7.53. The first kappa shape index (κ1) is 22.0. The van der Waals surface area contributed by atoms with Gasteiger partial charge in [0.15, 0.2) is 0 Å². The first-order valence-corrected chi connectivity index (χ1v) is 10.1. The van der Waals surface area contributed by atoms with Crippen molar-refractivity contribution in [3.05, 3.63) is 92.9 Å². The van der Waals surface area contributed by atoms with E-state index in [1.165, 1.54) is 0 Å². The average Bonchev–Trinajstić information content (AvgIpc) is 2.74. The van der Waals surface area contributed by atoms with E-state index in [0.717, 1.165) is 16.8 Å². The monoisotopic (exact) mass is 461 g/mol. The minimum absolute atomic E-state index is 0.0962. The van der Waals surface area contributed by atoms with Crippen LogP contribution in [-0.2, 0) is 11.4 Å². The number of benzene rings is 3. The summed E-state index contributed by atoms with van der Waals surface area (Å²) in [6.07, 6.45) is 1.56. The van der Waals surface area contributed by atoms with Crippen molar-refractivity contribution >= 4 is 52.6 Å². The normalized spacial score (nSPS) is 10.8. The summed E-state index contributed by atoms with van der Waals surface area (Å²) in [4.78, 5) is 11.8.